The SMILES string of the molecule is C[C@@H]1CNCCN1Cc1cc(-c2ccccc2)on1.Cl. The minimum atomic E-state index is 0. The average Bonchev–Trinajstić information content (AvgIpc) is 2.91. The maximum Gasteiger partial charge on any atom is 0.167 e. The third-order valence-electron chi connectivity index (χ3n) is 3.62. The summed E-state index contributed by atoms with van der Waals surface area (Å²) < 4.78 is 5.44. The first-order valence-electron chi connectivity index (χ1n) is 6.79. The van der Waals surface area contributed by atoms with E-state index >= 15 is 0 Å². The molecule has 1 fully saturated rings. The molecule has 1 saturated heterocycles. The molecule has 1 N–H and O–H groups in total. The quantitative estimate of drug-likeness (QED) is 0.944. The van der Waals surface area contributed by atoms with Crippen LogP contribution in [-0.4, -0.2) is 35.7 Å². The summed E-state index contributed by atoms with van der Waals surface area (Å²) in [6.07, 6.45) is 0. The average molecular weight is 294 g/mol. The Morgan fingerprint density at radius 3 is 2.90 bits per heavy atom. The van der Waals surface area contributed by atoms with Gasteiger partial charge in [0, 0.05) is 43.9 Å². The Kier molecular flexibility index (Phi) is 5.17. The van der Waals surface area contributed by atoms with Crippen LogP contribution in [0.25, 0.3) is 11.3 Å². The van der Waals surface area contributed by atoms with Crippen molar-refractivity contribution in [3.63, 3.8) is 0 Å². The molecule has 1 atom stereocenters. The molecule has 1 aliphatic rings. The van der Waals surface area contributed by atoms with Crippen molar-refractivity contribution in [2.24, 2.45) is 0 Å². The number of hydrogen-bond acceptors (Lipinski definition) is 4. The van der Waals surface area contributed by atoms with Crippen LogP contribution in [0.5, 0.6) is 0 Å². The molecule has 0 saturated carbocycles. The molecular formula is C15H20ClN3O. The molecule has 3 rings (SSSR count). The van der Waals surface area contributed by atoms with E-state index in [0.717, 1.165) is 43.2 Å². The van der Waals surface area contributed by atoms with Gasteiger partial charge in [-0.3, -0.25) is 4.90 Å². The van der Waals surface area contributed by atoms with Crippen molar-refractivity contribution in [2.75, 3.05) is 19.6 Å². The molecule has 1 aromatic heterocycles. The molecule has 0 radical (unpaired) electrons. The van der Waals surface area contributed by atoms with Crippen LogP contribution < -0.4 is 5.32 Å². The molecule has 108 valence electrons. The van der Waals surface area contributed by atoms with E-state index in [2.05, 4.69) is 22.3 Å². The molecule has 2 heterocycles. The summed E-state index contributed by atoms with van der Waals surface area (Å²) >= 11 is 0. The first-order chi connectivity index (χ1) is 9.33. The van der Waals surface area contributed by atoms with Crippen molar-refractivity contribution in [1.29, 1.82) is 0 Å². The maximum absolute atomic E-state index is 5.44. The Balaban J connectivity index is 0.00000147. The zero-order valence-corrected chi connectivity index (χ0v) is 12.4. The second-order valence-electron chi connectivity index (χ2n) is 5.07. The Labute approximate surface area is 125 Å². The molecule has 2 aromatic rings. The Hall–Kier alpha value is -1.36. The second-order valence-corrected chi connectivity index (χ2v) is 5.07. The highest BCUT2D eigenvalue weighted by molar-refractivity contribution is 5.85. The minimum absolute atomic E-state index is 0. The lowest BCUT2D eigenvalue weighted by atomic mass is 10.1. The van der Waals surface area contributed by atoms with Crippen LogP contribution >= 0.6 is 12.4 Å². The first kappa shape index (κ1) is 15.0. The van der Waals surface area contributed by atoms with Crippen molar-refractivity contribution in [3.8, 4) is 11.3 Å². The summed E-state index contributed by atoms with van der Waals surface area (Å²) in [7, 11) is 0. The summed E-state index contributed by atoms with van der Waals surface area (Å²) in [5, 5.41) is 7.58. The molecule has 0 unspecified atom stereocenters. The molecule has 0 amide bonds. The van der Waals surface area contributed by atoms with Crippen molar-refractivity contribution in [2.45, 2.75) is 19.5 Å². The molecular weight excluding hydrogens is 274 g/mol. The Morgan fingerprint density at radius 2 is 2.15 bits per heavy atom. The molecule has 5 heteroatoms. The largest absolute Gasteiger partial charge is 0.356 e. The number of nitrogens with zero attached hydrogens (tertiary/aromatic N) is 2. The van der Waals surface area contributed by atoms with Gasteiger partial charge in [-0.25, -0.2) is 0 Å². The molecule has 20 heavy (non-hydrogen) atoms. The summed E-state index contributed by atoms with van der Waals surface area (Å²) in [5.74, 6) is 0.846. The predicted octanol–water partition coefficient (Wildman–Crippen LogP) is 2.56. The van der Waals surface area contributed by atoms with Gasteiger partial charge in [-0.15, -0.1) is 12.4 Å². The summed E-state index contributed by atoms with van der Waals surface area (Å²) in [5.41, 5.74) is 2.09. The zero-order valence-electron chi connectivity index (χ0n) is 11.6. The van der Waals surface area contributed by atoms with Gasteiger partial charge in [0.25, 0.3) is 0 Å². The van der Waals surface area contributed by atoms with Crippen LogP contribution in [0.1, 0.15) is 12.6 Å². The fraction of sp³-hybridized carbons (Fsp3) is 0.400. The van der Waals surface area contributed by atoms with Crippen LogP contribution in [-0.2, 0) is 6.54 Å². The number of halogens is 1. The van der Waals surface area contributed by atoms with Crippen molar-refractivity contribution >= 4 is 12.4 Å². The minimum Gasteiger partial charge on any atom is -0.356 e. The highest BCUT2D eigenvalue weighted by Crippen LogP contribution is 2.20. The first-order valence-corrected chi connectivity index (χ1v) is 6.79. The van der Waals surface area contributed by atoms with Gasteiger partial charge >= 0.3 is 0 Å². The van der Waals surface area contributed by atoms with Crippen LogP contribution in [0.3, 0.4) is 0 Å². The van der Waals surface area contributed by atoms with Gasteiger partial charge in [0.1, 0.15) is 0 Å². The third kappa shape index (κ3) is 3.39. The van der Waals surface area contributed by atoms with Crippen LogP contribution in [0.4, 0.5) is 0 Å². The van der Waals surface area contributed by atoms with Gasteiger partial charge < -0.3 is 9.84 Å². The highest BCUT2D eigenvalue weighted by atomic mass is 35.5. The lowest BCUT2D eigenvalue weighted by Crippen LogP contribution is -2.49. The fourth-order valence-electron chi connectivity index (χ4n) is 2.45. The molecule has 0 bridgehead atoms. The third-order valence-corrected chi connectivity index (χ3v) is 3.62. The molecule has 0 spiro atoms. The van der Waals surface area contributed by atoms with Gasteiger partial charge in [0.05, 0.1) is 5.69 Å². The maximum atomic E-state index is 5.44. The number of aromatic nitrogens is 1. The fourth-order valence-corrected chi connectivity index (χ4v) is 2.45. The zero-order chi connectivity index (χ0) is 13.1. The van der Waals surface area contributed by atoms with Crippen molar-refractivity contribution in [1.82, 2.24) is 15.4 Å². The summed E-state index contributed by atoms with van der Waals surface area (Å²) in [6.45, 7) is 6.26. The van der Waals surface area contributed by atoms with Crippen molar-refractivity contribution in [3.05, 3.63) is 42.1 Å². The van der Waals surface area contributed by atoms with Gasteiger partial charge in [-0.1, -0.05) is 35.5 Å². The normalized spacial score (nSPS) is 19.6. The summed E-state index contributed by atoms with van der Waals surface area (Å²) in [4.78, 5) is 2.43. The number of hydrogen-bond donors (Lipinski definition) is 1. The highest BCUT2D eigenvalue weighted by Gasteiger charge is 2.19. The van der Waals surface area contributed by atoms with Crippen molar-refractivity contribution < 1.29 is 4.52 Å². The monoisotopic (exact) mass is 293 g/mol. The smallest absolute Gasteiger partial charge is 0.167 e. The van der Waals surface area contributed by atoms with E-state index in [1.807, 2.05) is 36.4 Å². The van der Waals surface area contributed by atoms with Gasteiger partial charge in [-0.05, 0) is 6.92 Å². The molecule has 4 nitrogen and oxygen atoms in total. The van der Waals surface area contributed by atoms with Gasteiger partial charge in [0.2, 0.25) is 0 Å². The standard InChI is InChI=1S/C15H19N3O.ClH/c1-12-10-16-7-8-18(12)11-14-9-15(19-17-14)13-5-3-2-4-6-13;/h2-6,9,12,16H,7-8,10-11H2,1H3;1H/t12-;/m1./s1. The second kappa shape index (κ2) is 6.88. The van der Waals surface area contributed by atoms with E-state index < -0.39 is 0 Å². The number of benzene rings is 1. The lowest BCUT2D eigenvalue weighted by Gasteiger charge is -2.33. The van der Waals surface area contributed by atoms with Gasteiger partial charge in [-0.2, -0.15) is 0 Å². The number of nitrogens with one attached hydrogen (secondary N) is 1. The molecule has 1 aromatic carbocycles. The van der Waals surface area contributed by atoms with E-state index in [0.29, 0.717) is 6.04 Å². The van der Waals surface area contributed by atoms with Crippen LogP contribution in [0.2, 0.25) is 0 Å². The van der Waals surface area contributed by atoms with E-state index in [1.165, 1.54) is 0 Å². The van der Waals surface area contributed by atoms with Gasteiger partial charge in [0.15, 0.2) is 5.76 Å². The summed E-state index contributed by atoms with van der Waals surface area (Å²) in [6, 6.07) is 12.7. The molecule has 0 aliphatic carbocycles. The Morgan fingerprint density at radius 1 is 1.35 bits per heavy atom. The number of piperazine rings is 1. The van der Waals surface area contributed by atoms with E-state index in [-0.39, 0.29) is 12.4 Å². The number of rotatable bonds is 3. The van der Waals surface area contributed by atoms with E-state index in [4.69, 9.17) is 4.52 Å². The predicted molar refractivity (Wildman–Crippen MR) is 81.9 cm³/mol. The molecule has 1 aliphatic heterocycles. The lowest BCUT2D eigenvalue weighted by molar-refractivity contribution is 0.161. The van der Waals surface area contributed by atoms with E-state index in [1.54, 1.807) is 0 Å². The Bertz CT molecular complexity index is 529. The van der Waals surface area contributed by atoms with Crippen LogP contribution in [0.15, 0.2) is 40.9 Å². The van der Waals surface area contributed by atoms with E-state index in [9.17, 15) is 0 Å². The topological polar surface area (TPSA) is 41.3 Å². The van der Waals surface area contributed by atoms with Crippen LogP contribution in [0, 0.1) is 0 Å².